The Hall–Kier alpha value is -1.13. The molecule has 0 aliphatic carbocycles. The van der Waals surface area contributed by atoms with E-state index in [4.69, 9.17) is 9.72 Å². The van der Waals surface area contributed by atoms with Crippen molar-refractivity contribution in [2.24, 2.45) is 0 Å². The van der Waals surface area contributed by atoms with Crippen molar-refractivity contribution in [2.75, 3.05) is 31.1 Å². The number of hydrogen-bond donors (Lipinski definition) is 1. The van der Waals surface area contributed by atoms with Gasteiger partial charge in [0.05, 0.1) is 12.2 Å². The zero-order chi connectivity index (χ0) is 13.9. The van der Waals surface area contributed by atoms with Gasteiger partial charge in [0, 0.05) is 25.3 Å². The van der Waals surface area contributed by atoms with Crippen molar-refractivity contribution in [3.63, 3.8) is 0 Å². The molecule has 2 heterocycles. The zero-order valence-electron chi connectivity index (χ0n) is 12.5. The molecule has 0 saturated carbocycles. The summed E-state index contributed by atoms with van der Waals surface area (Å²) >= 11 is 0. The molecule has 4 nitrogen and oxygen atoms in total. The Morgan fingerprint density at radius 1 is 1.42 bits per heavy atom. The Morgan fingerprint density at radius 3 is 2.84 bits per heavy atom. The van der Waals surface area contributed by atoms with Crippen LogP contribution in [0, 0.1) is 6.92 Å². The van der Waals surface area contributed by atoms with Crippen molar-refractivity contribution < 1.29 is 4.74 Å². The molecule has 1 fully saturated rings. The van der Waals surface area contributed by atoms with Gasteiger partial charge < -0.3 is 15.0 Å². The molecule has 1 aliphatic heterocycles. The molecule has 4 heteroatoms. The highest BCUT2D eigenvalue weighted by atomic mass is 16.5. The fourth-order valence-corrected chi connectivity index (χ4v) is 2.41. The van der Waals surface area contributed by atoms with E-state index in [0.29, 0.717) is 0 Å². The maximum absolute atomic E-state index is 5.74. The number of rotatable bonds is 4. The van der Waals surface area contributed by atoms with Crippen molar-refractivity contribution in [3.8, 4) is 0 Å². The van der Waals surface area contributed by atoms with E-state index in [2.05, 4.69) is 50.0 Å². The summed E-state index contributed by atoms with van der Waals surface area (Å²) in [5.41, 5.74) is 2.30. The van der Waals surface area contributed by atoms with Crippen LogP contribution in [0.4, 0.5) is 5.82 Å². The van der Waals surface area contributed by atoms with Gasteiger partial charge >= 0.3 is 0 Å². The Kier molecular flexibility index (Phi) is 4.42. The van der Waals surface area contributed by atoms with E-state index in [1.54, 1.807) is 0 Å². The third-order valence-corrected chi connectivity index (χ3v) is 3.50. The lowest BCUT2D eigenvalue weighted by molar-refractivity contribution is -0.0279. The van der Waals surface area contributed by atoms with Crippen LogP contribution in [0.25, 0.3) is 0 Å². The van der Waals surface area contributed by atoms with E-state index < -0.39 is 0 Å². The normalized spacial score (nSPS) is 18.6. The van der Waals surface area contributed by atoms with Crippen LogP contribution < -0.4 is 10.2 Å². The molecule has 1 aromatic heterocycles. The van der Waals surface area contributed by atoms with Crippen LogP contribution in [-0.4, -0.2) is 36.8 Å². The van der Waals surface area contributed by atoms with E-state index >= 15 is 0 Å². The van der Waals surface area contributed by atoms with Gasteiger partial charge in [0.2, 0.25) is 0 Å². The standard InChI is InChI=1S/C15H25N3O/c1-5-16-10-13-6-7-14(17-12(13)2)18-8-9-19-15(3,4)11-18/h6-7,16H,5,8-11H2,1-4H3. The third-order valence-electron chi connectivity index (χ3n) is 3.50. The maximum atomic E-state index is 5.74. The smallest absolute Gasteiger partial charge is 0.128 e. The molecular weight excluding hydrogens is 238 g/mol. The lowest BCUT2D eigenvalue weighted by Gasteiger charge is -2.39. The van der Waals surface area contributed by atoms with E-state index in [-0.39, 0.29) is 5.60 Å². The zero-order valence-corrected chi connectivity index (χ0v) is 12.5. The van der Waals surface area contributed by atoms with E-state index in [1.807, 2.05) is 0 Å². The summed E-state index contributed by atoms with van der Waals surface area (Å²) in [6.07, 6.45) is 0. The average Bonchev–Trinajstić information content (AvgIpc) is 2.36. The monoisotopic (exact) mass is 263 g/mol. The van der Waals surface area contributed by atoms with Crippen LogP contribution in [-0.2, 0) is 11.3 Å². The lowest BCUT2D eigenvalue weighted by Crippen LogP contribution is -2.48. The molecule has 0 aromatic carbocycles. The summed E-state index contributed by atoms with van der Waals surface area (Å²) in [5.74, 6) is 1.06. The molecule has 0 spiro atoms. The molecule has 19 heavy (non-hydrogen) atoms. The molecular formula is C15H25N3O. The minimum Gasteiger partial charge on any atom is -0.372 e. The van der Waals surface area contributed by atoms with Crippen molar-refractivity contribution in [1.29, 1.82) is 0 Å². The maximum Gasteiger partial charge on any atom is 0.128 e. The van der Waals surface area contributed by atoms with Gasteiger partial charge in [0.25, 0.3) is 0 Å². The molecule has 0 bridgehead atoms. The molecule has 1 N–H and O–H groups in total. The number of nitrogens with zero attached hydrogens (tertiary/aromatic N) is 2. The highest BCUT2D eigenvalue weighted by Gasteiger charge is 2.27. The fourth-order valence-electron chi connectivity index (χ4n) is 2.41. The Bertz CT molecular complexity index is 431. The Balaban J connectivity index is 2.10. The van der Waals surface area contributed by atoms with E-state index in [1.165, 1.54) is 5.56 Å². The minimum absolute atomic E-state index is 0.0870. The molecule has 1 aliphatic rings. The van der Waals surface area contributed by atoms with Gasteiger partial charge in [0.15, 0.2) is 0 Å². The van der Waals surface area contributed by atoms with Gasteiger partial charge in [-0.25, -0.2) is 4.98 Å². The number of pyridine rings is 1. The minimum atomic E-state index is -0.0870. The molecule has 1 saturated heterocycles. The highest BCUT2D eigenvalue weighted by Crippen LogP contribution is 2.22. The molecule has 1 aromatic rings. The van der Waals surface area contributed by atoms with Gasteiger partial charge in [-0.3, -0.25) is 0 Å². The van der Waals surface area contributed by atoms with Gasteiger partial charge in [-0.15, -0.1) is 0 Å². The first-order valence-electron chi connectivity index (χ1n) is 7.08. The van der Waals surface area contributed by atoms with Crippen LogP contribution >= 0.6 is 0 Å². The fraction of sp³-hybridized carbons (Fsp3) is 0.667. The first-order chi connectivity index (χ1) is 9.02. The molecule has 0 atom stereocenters. The summed E-state index contributed by atoms with van der Waals surface area (Å²) < 4.78 is 5.74. The molecule has 0 amide bonds. The SMILES string of the molecule is CCNCc1ccc(N2CCOC(C)(C)C2)nc1C. The van der Waals surface area contributed by atoms with Crippen LogP contribution in [0.5, 0.6) is 0 Å². The molecule has 0 unspecified atom stereocenters. The van der Waals surface area contributed by atoms with Gasteiger partial charge in [-0.05, 0) is 38.9 Å². The first kappa shape index (κ1) is 14.3. The predicted molar refractivity (Wildman–Crippen MR) is 78.6 cm³/mol. The second-order valence-electron chi connectivity index (χ2n) is 5.72. The Labute approximate surface area is 116 Å². The molecule has 106 valence electrons. The topological polar surface area (TPSA) is 37.4 Å². The number of aromatic nitrogens is 1. The van der Waals surface area contributed by atoms with Crippen molar-refractivity contribution in [2.45, 2.75) is 39.8 Å². The van der Waals surface area contributed by atoms with Crippen molar-refractivity contribution >= 4 is 5.82 Å². The number of nitrogens with one attached hydrogen (secondary N) is 1. The summed E-state index contributed by atoms with van der Waals surface area (Å²) in [6, 6.07) is 4.31. The summed E-state index contributed by atoms with van der Waals surface area (Å²) in [5, 5.41) is 3.34. The second kappa shape index (κ2) is 5.88. The van der Waals surface area contributed by atoms with Crippen LogP contribution in [0.1, 0.15) is 32.0 Å². The number of hydrogen-bond acceptors (Lipinski definition) is 4. The highest BCUT2D eigenvalue weighted by molar-refractivity contribution is 5.42. The van der Waals surface area contributed by atoms with Gasteiger partial charge in [-0.1, -0.05) is 13.0 Å². The molecule has 2 rings (SSSR count). The second-order valence-corrected chi connectivity index (χ2v) is 5.72. The number of anilines is 1. The van der Waals surface area contributed by atoms with Gasteiger partial charge in [-0.2, -0.15) is 0 Å². The lowest BCUT2D eigenvalue weighted by atomic mass is 10.1. The van der Waals surface area contributed by atoms with E-state index in [9.17, 15) is 0 Å². The van der Waals surface area contributed by atoms with Crippen LogP contribution in [0.2, 0.25) is 0 Å². The summed E-state index contributed by atoms with van der Waals surface area (Å²) in [7, 11) is 0. The van der Waals surface area contributed by atoms with Crippen molar-refractivity contribution in [3.05, 3.63) is 23.4 Å². The van der Waals surface area contributed by atoms with Crippen molar-refractivity contribution in [1.82, 2.24) is 10.3 Å². The quantitative estimate of drug-likeness (QED) is 0.903. The number of morpholine rings is 1. The van der Waals surface area contributed by atoms with Crippen LogP contribution in [0.15, 0.2) is 12.1 Å². The third kappa shape index (κ3) is 3.67. The molecule has 0 radical (unpaired) electrons. The predicted octanol–water partition coefficient (Wildman–Crippen LogP) is 2.11. The Morgan fingerprint density at radius 2 is 2.21 bits per heavy atom. The summed E-state index contributed by atoms with van der Waals surface area (Å²) in [4.78, 5) is 7.06. The average molecular weight is 263 g/mol. The number of aryl methyl sites for hydroxylation is 1. The van der Waals surface area contributed by atoms with Gasteiger partial charge in [0.1, 0.15) is 5.82 Å². The van der Waals surface area contributed by atoms with E-state index in [0.717, 1.165) is 44.3 Å². The van der Waals surface area contributed by atoms with Crippen LogP contribution in [0.3, 0.4) is 0 Å². The largest absolute Gasteiger partial charge is 0.372 e. The first-order valence-corrected chi connectivity index (χ1v) is 7.08. The summed E-state index contributed by atoms with van der Waals surface area (Å²) in [6.45, 7) is 12.9. The number of ether oxygens (including phenoxy) is 1.